The van der Waals surface area contributed by atoms with Gasteiger partial charge in [-0.25, -0.2) is 0 Å². The Kier molecular flexibility index (Phi) is 6.68. The van der Waals surface area contributed by atoms with Crippen LogP contribution in [0.25, 0.3) is 10.8 Å². The van der Waals surface area contributed by atoms with E-state index in [1.165, 1.54) is 37.4 Å². The molecule has 2 aromatic carbocycles. The number of nitrogens with zero attached hydrogens (tertiary/aromatic N) is 5. The van der Waals surface area contributed by atoms with Crippen molar-refractivity contribution in [3.8, 4) is 5.75 Å². The maximum atomic E-state index is 12.9. The molecule has 34 heavy (non-hydrogen) atoms. The third-order valence-corrected chi connectivity index (χ3v) is 7.83. The van der Waals surface area contributed by atoms with Crippen molar-refractivity contribution in [3.05, 3.63) is 42.0 Å². The summed E-state index contributed by atoms with van der Waals surface area (Å²) < 4.78 is 7.59. The Morgan fingerprint density at radius 2 is 1.82 bits per heavy atom. The molecule has 3 aromatic rings. The smallest absolute Gasteiger partial charge is 0.233 e. The van der Waals surface area contributed by atoms with E-state index >= 15 is 0 Å². The van der Waals surface area contributed by atoms with Crippen molar-refractivity contribution in [2.75, 3.05) is 37.9 Å². The molecule has 0 unspecified atom stereocenters. The van der Waals surface area contributed by atoms with Gasteiger partial charge < -0.3 is 14.5 Å². The molecule has 1 saturated heterocycles. The van der Waals surface area contributed by atoms with Gasteiger partial charge in [0.05, 0.1) is 12.9 Å². The zero-order chi connectivity index (χ0) is 23.7. The van der Waals surface area contributed by atoms with Gasteiger partial charge in [-0.05, 0) is 66.1 Å². The van der Waals surface area contributed by atoms with Gasteiger partial charge in [0.25, 0.3) is 0 Å². The third-order valence-electron chi connectivity index (χ3n) is 6.91. The quantitative estimate of drug-likeness (QED) is 0.434. The van der Waals surface area contributed by atoms with E-state index < -0.39 is 0 Å². The van der Waals surface area contributed by atoms with Crippen LogP contribution in [0.5, 0.6) is 5.75 Å². The lowest BCUT2D eigenvalue weighted by Gasteiger charge is -2.31. The van der Waals surface area contributed by atoms with E-state index in [1.807, 2.05) is 19.2 Å². The lowest BCUT2D eigenvalue weighted by Crippen LogP contribution is -2.34. The molecule has 0 spiro atoms. The van der Waals surface area contributed by atoms with Gasteiger partial charge in [-0.2, -0.15) is 0 Å². The van der Waals surface area contributed by atoms with Crippen molar-refractivity contribution in [1.82, 2.24) is 19.7 Å². The van der Waals surface area contributed by atoms with Gasteiger partial charge in [0.15, 0.2) is 5.16 Å². The maximum absolute atomic E-state index is 12.9. The number of aromatic nitrogens is 3. The number of carbonyl (C=O) groups excluding carboxylic acids is 1. The first-order valence-electron chi connectivity index (χ1n) is 12.1. The molecule has 2 aliphatic rings. The average molecular weight is 480 g/mol. The summed E-state index contributed by atoms with van der Waals surface area (Å²) in [6.07, 6.45) is 4.74. The van der Waals surface area contributed by atoms with Crippen molar-refractivity contribution in [2.24, 2.45) is 5.92 Å². The number of methoxy groups -OCH3 is 1. The summed E-state index contributed by atoms with van der Waals surface area (Å²) in [4.78, 5) is 17.1. The minimum Gasteiger partial charge on any atom is -0.497 e. The number of fused-ring (bicyclic) bond motifs is 1. The van der Waals surface area contributed by atoms with Gasteiger partial charge in [-0.3, -0.25) is 9.36 Å². The minimum absolute atomic E-state index is 0.0959. The Labute approximate surface area is 205 Å². The van der Waals surface area contributed by atoms with Crippen molar-refractivity contribution >= 4 is 34.4 Å². The molecule has 2 fully saturated rings. The number of piperidine rings is 1. The number of hydrogen-bond acceptors (Lipinski definition) is 6. The molecule has 0 radical (unpaired) electrons. The molecule has 180 valence electrons. The number of amides is 1. The van der Waals surface area contributed by atoms with E-state index in [-0.39, 0.29) is 5.91 Å². The molecule has 5 rings (SSSR count). The van der Waals surface area contributed by atoms with Crippen molar-refractivity contribution in [2.45, 2.75) is 50.4 Å². The van der Waals surface area contributed by atoms with E-state index in [4.69, 9.17) is 4.74 Å². The number of thioether (sulfide) groups is 1. The van der Waals surface area contributed by atoms with E-state index in [0.717, 1.165) is 52.2 Å². The monoisotopic (exact) mass is 479 g/mol. The topological polar surface area (TPSA) is 63.5 Å². The van der Waals surface area contributed by atoms with Gasteiger partial charge in [-0.1, -0.05) is 36.9 Å². The standard InChI is InChI=1S/C26H33N5O2S/c1-18-10-12-30(13-11-18)25-27-28-26(31(25)22-7-8-22)34-17-24(32)29(2)16-19-4-5-21-15-23(33-3)9-6-20(21)14-19/h4-6,9,14-15,18,22H,7-8,10-13,16-17H2,1-3H3. The van der Waals surface area contributed by atoms with Crippen LogP contribution in [0.1, 0.15) is 44.2 Å². The highest BCUT2D eigenvalue weighted by Crippen LogP contribution is 2.41. The van der Waals surface area contributed by atoms with Crippen molar-refractivity contribution < 1.29 is 9.53 Å². The molecule has 1 aliphatic carbocycles. The van der Waals surface area contributed by atoms with Crippen molar-refractivity contribution in [1.29, 1.82) is 0 Å². The van der Waals surface area contributed by atoms with Crippen LogP contribution in [-0.2, 0) is 11.3 Å². The summed E-state index contributed by atoms with van der Waals surface area (Å²) in [5.74, 6) is 3.08. The number of carbonyl (C=O) groups is 1. The van der Waals surface area contributed by atoms with Crippen molar-refractivity contribution in [3.63, 3.8) is 0 Å². The second-order valence-corrected chi connectivity index (χ2v) is 10.6. The molecule has 1 aliphatic heterocycles. The maximum Gasteiger partial charge on any atom is 0.233 e. The number of ether oxygens (including phenoxy) is 1. The number of rotatable bonds is 8. The minimum atomic E-state index is 0.0959. The lowest BCUT2D eigenvalue weighted by atomic mass is 10.00. The SMILES string of the molecule is COc1ccc2cc(CN(C)C(=O)CSc3nnc(N4CCC(C)CC4)n3C3CC3)ccc2c1. The van der Waals surface area contributed by atoms with Crippen LogP contribution in [-0.4, -0.2) is 58.6 Å². The van der Waals surface area contributed by atoms with E-state index in [0.29, 0.717) is 18.3 Å². The molecule has 2 heterocycles. The molecule has 0 N–H and O–H groups in total. The summed E-state index contributed by atoms with van der Waals surface area (Å²) in [6, 6.07) is 12.8. The Morgan fingerprint density at radius 3 is 2.56 bits per heavy atom. The fourth-order valence-electron chi connectivity index (χ4n) is 4.54. The highest BCUT2D eigenvalue weighted by atomic mass is 32.2. The molecular weight excluding hydrogens is 446 g/mol. The van der Waals surface area contributed by atoms with Gasteiger partial charge in [0, 0.05) is 32.7 Å². The third kappa shape index (κ3) is 5.02. The normalized spacial score (nSPS) is 16.7. The second kappa shape index (κ2) is 9.86. The zero-order valence-corrected chi connectivity index (χ0v) is 21.1. The first kappa shape index (κ1) is 23.0. The molecule has 8 heteroatoms. The van der Waals surface area contributed by atoms with Crippen LogP contribution in [0.2, 0.25) is 0 Å². The molecule has 0 bridgehead atoms. The largest absolute Gasteiger partial charge is 0.497 e. The molecule has 0 atom stereocenters. The Morgan fingerprint density at radius 1 is 1.09 bits per heavy atom. The van der Waals surface area contributed by atoms with Crippen LogP contribution in [0.15, 0.2) is 41.6 Å². The first-order chi connectivity index (χ1) is 16.5. The molecule has 7 nitrogen and oxygen atoms in total. The second-order valence-electron chi connectivity index (χ2n) is 9.64. The summed E-state index contributed by atoms with van der Waals surface area (Å²) >= 11 is 1.51. The van der Waals surface area contributed by atoms with Crippen LogP contribution >= 0.6 is 11.8 Å². The lowest BCUT2D eigenvalue weighted by molar-refractivity contribution is -0.127. The summed E-state index contributed by atoms with van der Waals surface area (Å²) in [5, 5.41) is 12.2. The van der Waals surface area contributed by atoms with E-state index in [9.17, 15) is 4.79 Å². The zero-order valence-electron chi connectivity index (χ0n) is 20.2. The van der Waals surface area contributed by atoms with Crippen LogP contribution in [0, 0.1) is 5.92 Å². The number of benzene rings is 2. The van der Waals surface area contributed by atoms with Gasteiger partial charge in [-0.15, -0.1) is 10.2 Å². The van der Waals surface area contributed by atoms with E-state index in [1.54, 1.807) is 12.0 Å². The van der Waals surface area contributed by atoms with E-state index in [2.05, 4.69) is 50.9 Å². The van der Waals surface area contributed by atoms with Crippen LogP contribution in [0.4, 0.5) is 5.95 Å². The Balaban J connectivity index is 1.21. The predicted molar refractivity (Wildman–Crippen MR) is 137 cm³/mol. The highest BCUT2D eigenvalue weighted by molar-refractivity contribution is 7.99. The highest BCUT2D eigenvalue weighted by Gasteiger charge is 2.32. The first-order valence-corrected chi connectivity index (χ1v) is 13.1. The van der Waals surface area contributed by atoms with Crippen LogP contribution in [0.3, 0.4) is 0 Å². The Bertz CT molecular complexity index is 1170. The van der Waals surface area contributed by atoms with Gasteiger partial charge in [0.2, 0.25) is 11.9 Å². The van der Waals surface area contributed by atoms with Gasteiger partial charge >= 0.3 is 0 Å². The van der Waals surface area contributed by atoms with Gasteiger partial charge in [0.1, 0.15) is 5.75 Å². The molecule has 1 saturated carbocycles. The van der Waals surface area contributed by atoms with Crippen LogP contribution < -0.4 is 9.64 Å². The summed E-state index contributed by atoms with van der Waals surface area (Å²) in [6.45, 7) is 4.98. The summed E-state index contributed by atoms with van der Waals surface area (Å²) in [5.41, 5.74) is 1.11. The fraction of sp³-hybridized carbons (Fsp3) is 0.500. The molecular formula is C26H33N5O2S. The molecule has 1 amide bonds. The molecule has 1 aromatic heterocycles. The predicted octanol–water partition coefficient (Wildman–Crippen LogP) is 4.76. The average Bonchev–Trinajstić information content (AvgIpc) is 3.61. The fourth-order valence-corrected chi connectivity index (χ4v) is 5.48. The Hall–Kier alpha value is -2.74. The summed E-state index contributed by atoms with van der Waals surface area (Å²) in [7, 11) is 3.54. The number of anilines is 1. The number of hydrogen-bond donors (Lipinski definition) is 0.